The molecule has 0 atom stereocenters. The van der Waals surface area contributed by atoms with Crippen molar-refractivity contribution in [2.24, 2.45) is 5.92 Å². The van der Waals surface area contributed by atoms with Gasteiger partial charge in [-0.1, -0.05) is 19.3 Å². The van der Waals surface area contributed by atoms with Crippen LogP contribution in [-0.4, -0.2) is 22.6 Å². The summed E-state index contributed by atoms with van der Waals surface area (Å²) in [6.07, 6.45) is 6.41. The number of nitrogens with zero attached hydrogens (tertiary/aromatic N) is 2. The lowest BCUT2D eigenvalue weighted by Gasteiger charge is -2.21. The molecule has 1 aliphatic rings. The van der Waals surface area contributed by atoms with E-state index in [0.717, 1.165) is 12.2 Å². The van der Waals surface area contributed by atoms with Crippen molar-refractivity contribution in [1.29, 1.82) is 0 Å². The molecular formula is C13H19N3O. The molecule has 17 heavy (non-hydrogen) atoms. The minimum atomic E-state index is -0.108. The topological polar surface area (TPSA) is 54.9 Å². The number of aryl methyl sites for hydroxylation is 1. The van der Waals surface area contributed by atoms with E-state index in [9.17, 15) is 4.79 Å². The third-order valence-electron chi connectivity index (χ3n) is 3.31. The van der Waals surface area contributed by atoms with Crippen molar-refractivity contribution in [3.05, 3.63) is 23.5 Å². The van der Waals surface area contributed by atoms with Crippen molar-refractivity contribution in [1.82, 2.24) is 15.5 Å². The lowest BCUT2D eigenvalue weighted by atomic mass is 9.89. The number of aromatic nitrogens is 2. The second kappa shape index (κ2) is 5.75. The molecule has 1 amide bonds. The smallest absolute Gasteiger partial charge is 0.271 e. The van der Waals surface area contributed by atoms with E-state index in [-0.39, 0.29) is 5.91 Å². The molecule has 0 unspecified atom stereocenters. The van der Waals surface area contributed by atoms with E-state index in [1.165, 1.54) is 32.1 Å². The SMILES string of the molecule is Cc1ccc(C(=O)NCC2CCCCC2)nn1. The summed E-state index contributed by atoms with van der Waals surface area (Å²) in [5.41, 5.74) is 1.24. The van der Waals surface area contributed by atoms with Crippen molar-refractivity contribution >= 4 is 5.91 Å². The maximum absolute atomic E-state index is 11.8. The lowest BCUT2D eigenvalue weighted by molar-refractivity contribution is 0.0937. The summed E-state index contributed by atoms with van der Waals surface area (Å²) in [4.78, 5) is 11.8. The van der Waals surface area contributed by atoms with Crippen LogP contribution < -0.4 is 5.32 Å². The highest BCUT2D eigenvalue weighted by Gasteiger charge is 2.15. The van der Waals surface area contributed by atoms with Gasteiger partial charge in [0.05, 0.1) is 5.69 Å². The fourth-order valence-corrected chi connectivity index (χ4v) is 2.24. The largest absolute Gasteiger partial charge is 0.350 e. The molecule has 4 nitrogen and oxygen atoms in total. The number of carbonyl (C=O) groups is 1. The standard InChI is InChI=1S/C13H19N3O/c1-10-7-8-12(16-15-10)13(17)14-9-11-5-3-2-4-6-11/h7-8,11H,2-6,9H2,1H3,(H,14,17). The Balaban J connectivity index is 1.82. The third kappa shape index (κ3) is 3.51. The molecule has 4 heteroatoms. The van der Waals surface area contributed by atoms with Crippen LogP contribution in [0.4, 0.5) is 0 Å². The lowest BCUT2D eigenvalue weighted by Crippen LogP contribution is -2.30. The van der Waals surface area contributed by atoms with Crippen LogP contribution >= 0.6 is 0 Å². The minimum Gasteiger partial charge on any atom is -0.350 e. The van der Waals surface area contributed by atoms with Gasteiger partial charge in [-0.25, -0.2) is 0 Å². The number of nitrogens with one attached hydrogen (secondary N) is 1. The summed E-state index contributed by atoms with van der Waals surface area (Å²) in [5, 5.41) is 10.7. The van der Waals surface area contributed by atoms with E-state index in [4.69, 9.17) is 0 Å². The zero-order valence-electron chi connectivity index (χ0n) is 10.3. The summed E-state index contributed by atoms with van der Waals surface area (Å²) in [7, 11) is 0. The first-order valence-corrected chi connectivity index (χ1v) is 6.34. The van der Waals surface area contributed by atoms with Gasteiger partial charge >= 0.3 is 0 Å². The van der Waals surface area contributed by atoms with Crippen LogP contribution in [0.5, 0.6) is 0 Å². The highest BCUT2D eigenvalue weighted by molar-refractivity contribution is 5.91. The van der Waals surface area contributed by atoms with E-state index in [1.54, 1.807) is 6.07 Å². The Hall–Kier alpha value is -1.45. The number of amides is 1. The van der Waals surface area contributed by atoms with Crippen LogP contribution in [-0.2, 0) is 0 Å². The molecular weight excluding hydrogens is 214 g/mol. The molecule has 1 aliphatic carbocycles. The predicted molar refractivity (Wildman–Crippen MR) is 65.7 cm³/mol. The van der Waals surface area contributed by atoms with E-state index in [0.29, 0.717) is 11.6 Å². The molecule has 0 radical (unpaired) electrons. The van der Waals surface area contributed by atoms with Crippen LogP contribution in [0.2, 0.25) is 0 Å². The van der Waals surface area contributed by atoms with Crippen molar-refractivity contribution in [3.8, 4) is 0 Å². The molecule has 1 aromatic rings. The minimum absolute atomic E-state index is 0.108. The van der Waals surface area contributed by atoms with Crippen LogP contribution in [0.1, 0.15) is 48.3 Å². The van der Waals surface area contributed by atoms with Crippen molar-refractivity contribution < 1.29 is 4.79 Å². The Bertz CT molecular complexity index is 369. The van der Waals surface area contributed by atoms with Crippen LogP contribution in [0, 0.1) is 12.8 Å². The molecule has 0 bridgehead atoms. The molecule has 1 N–H and O–H groups in total. The molecule has 1 fully saturated rings. The molecule has 0 saturated heterocycles. The summed E-state index contributed by atoms with van der Waals surface area (Å²) >= 11 is 0. The third-order valence-corrected chi connectivity index (χ3v) is 3.31. The highest BCUT2D eigenvalue weighted by atomic mass is 16.1. The average molecular weight is 233 g/mol. The summed E-state index contributed by atoms with van der Waals surface area (Å²) in [5.74, 6) is 0.536. The summed E-state index contributed by atoms with van der Waals surface area (Å²) in [6.45, 7) is 2.63. The highest BCUT2D eigenvalue weighted by Crippen LogP contribution is 2.22. The van der Waals surface area contributed by atoms with Gasteiger partial charge in [-0.2, -0.15) is 5.10 Å². The molecule has 92 valence electrons. The summed E-state index contributed by atoms with van der Waals surface area (Å²) in [6, 6.07) is 3.53. The molecule has 0 aliphatic heterocycles. The predicted octanol–water partition coefficient (Wildman–Crippen LogP) is 2.10. The number of carbonyl (C=O) groups excluding carboxylic acids is 1. The Morgan fingerprint density at radius 3 is 2.71 bits per heavy atom. The quantitative estimate of drug-likeness (QED) is 0.869. The maximum atomic E-state index is 11.8. The number of hydrogen-bond donors (Lipinski definition) is 1. The van der Waals surface area contributed by atoms with Crippen LogP contribution in [0.15, 0.2) is 12.1 Å². The number of hydrogen-bond acceptors (Lipinski definition) is 3. The van der Waals surface area contributed by atoms with Gasteiger partial charge in [-0.15, -0.1) is 5.10 Å². The Morgan fingerprint density at radius 1 is 1.29 bits per heavy atom. The molecule has 1 saturated carbocycles. The van der Waals surface area contributed by atoms with Gasteiger partial charge in [0.1, 0.15) is 0 Å². The monoisotopic (exact) mass is 233 g/mol. The Kier molecular flexibility index (Phi) is 4.07. The van der Waals surface area contributed by atoms with Gasteiger partial charge in [-0.05, 0) is 37.8 Å². The first-order chi connectivity index (χ1) is 8.25. The van der Waals surface area contributed by atoms with E-state index < -0.39 is 0 Å². The molecule has 1 aromatic heterocycles. The van der Waals surface area contributed by atoms with Gasteiger partial charge in [0, 0.05) is 6.54 Å². The van der Waals surface area contributed by atoms with Gasteiger partial charge in [0.2, 0.25) is 0 Å². The van der Waals surface area contributed by atoms with Gasteiger partial charge in [0.25, 0.3) is 5.91 Å². The van der Waals surface area contributed by atoms with Crippen LogP contribution in [0.25, 0.3) is 0 Å². The zero-order chi connectivity index (χ0) is 12.1. The van der Waals surface area contributed by atoms with Gasteiger partial charge < -0.3 is 5.32 Å². The van der Waals surface area contributed by atoms with Crippen molar-refractivity contribution in [3.63, 3.8) is 0 Å². The Morgan fingerprint density at radius 2 is 2.06 bits per heavy atom. The van der Waals surface area contributed by atoms with Gasteiger partial charge in [0.15, 0.2) is 5.69 Å². The first-order valence-electron chi connectivity index (χ1n) is 6.34. The molecule has 0 aromatic carbocycles. The average Bonchev–Trinajstić information content (AvgIpc) is 2.38. The molecule has 2 rings (SSSR count). The summed E-state index contributed by atoms with van der Waals surface area (Å²) < 4.78 is 0. The van der Waals surface area contributed by atoms with E-state index >= 15 is 0 Å². The second-order valence-corrected chi connectivity index (χ2v) is 4.77. The Labute approximate surface area is 102 Å². The first kappa shape index (κ1) is 12.0. The number of rotatable bonds is 3. The van der Waals surface area contributed by atoms with E-state index in [2.05, 4.69) is 15.5 Å². The molecule has 1 heterocycles. The van der Waals surface area contributed by atoms with E-state index in [1.807, 2.05) is 13.0 Å². The maximum Gasteiger partial charge on any atom is 0.271 e. The molecule has 0 spiro atoms. The van der Waals surface area contributed by atoms with Crippen molar-refractivity contribution in [2.45, 2.75) is 39.0 Å². The fourth-order valence-electron chi connectivity index (χ4n) is 2.24. The van der Waals surface area contributed by atoms with Crippen molar-refractivity contribution in [2.75, 3.05) is 6.54 Å². The van der Waals surface area contributed by atoms with Gasteiger partial charge in [-0.3, -0.25) is 4.79 Å². The zero-order valence-corrected chi connectivity index (χ0v) is 10.3. The fraction of sp³-hybridized carbons (Fsp3) is 0.615. The normalized spacial score (nSPS) is 16.8. The van der Waals surface area contributed by atoms with Crippen LogP contribution in [0.3, 0.4) is 0 Å². The second-order valence-electron chi connectivity index (χ2n) is 4.77.